The van der Waals surface area contributed by atoms with Gasteiger partial charge in [-0.2, -0.15) is 0 Å². The van der Waals surface area contributed by atoms with Crippen LogP contribution in [0.15, 0.2) is 0 Å². The minimum absolute atomic E-state index is 0.128. The highest BCUT2D eigenvalue weighted by Crippen LogP contribution is 2.09. The number of aliphatic hydroxyl groups excluding tert-OH is 1. The molecular weight excluding hydrogens is 328 g/mol. The molecule has 0 fully saturated rings. The lowest BCUT2D eigenvalue weighted by molar-refractivity contribution is -0.344. The van der Waals surface area contributed by atoms with Gasteiger partial charge >= 0.3 is 11.9 Å². The zero-order valence-electron chi connectivity index (χ0n) is 14.3. The van der Waals surface area contributed by atoms with Crippen LogP contribution in [0.3, 0.4) is 0 Å². The molecule has 142 valence electrons. The Morgan fingerprint density at radius 1 is 0.833 bits per heavy atom. The van der Waals surface area contributed by atoms with E-state index < -0.39 is 30.2 Å². The van der Waals surface area contributed by atoms with Crippen molar-refractivity contribution in [2.24, 2.45) is 0 Å². The van der Waals surface area contributed by atoms with Gasteiger partial charge in [-0.05, 0) is 12.8 Å². The standard InChI is InChI=1S/C10H18O6.2C2H4O2/c1-8(12)14-10(16-15-9(2)13)6-4-3-5-7-11;2*1-2(3)4/h10-11H,3-7H2,1-2H3;2*1H3,(H,3,4). The lowest BCUT2D eigenvalue weighted by atomic mass is 10.2. The Bertz CT molecular complexity index is 347. The summed E-state index contributed by atoms with van der Waals surface area (Å²) in [5.74, 6) is -2.77. The maximum absolute atomic E-state index is 10.7. The highest BCUT2D eigenvalue weighted by atomic mass is 17.2. The van der Waals surface area contributed by atoms with Crippen molar-refractivity contribution in [3.05, 3.63) is 0 Å². The van der Waals surface area contributed by atoms with E-state index in [9.17, 15) is 9.59 Å². The summed E-state index contributed by atoms with van der Waals surface area (Å²) in [4.78, 5) is 48.1. The number of esters is 1. The van der Waals surface area contributed by atoms with Crippen LogP contribution >= 0.6 is 0 Å². The van der Waals surface area contributed by atoms with Gasteiger partial charge in [0.2, 0.25) is 6.29 Å². The summed E-state index contributed by atoms with van der Waals surface area (Å²) < 4.78 is 4.78. The van der Waals surface area contributed by atoms with E-state index in [1.54, 1.807) is 0 Å². The maximum Gasteiger partial charge on any atom is 0.339 e. The van der Waals surface area contributed by atoms with E-state index in [0.29, 0.717) is 19.3 Å². The van der Waals surface area contributed by atoms with Gasteiger partial charge in [-0.25, -0.2) is 4.79 Å². The Hall–Kier alpha value is -2.20. The fourth-order valence-corrected chi connectivity index (χ4v) is 1.03. The van der Waals surface area contributed by atoms with E-state index in [-0.39, 0.29) is 6.61 Å². The lowest BCUT2D eigenvalue weighted by Gasteiger charge is -2.14. The Morgan fingerprint density at radius 3 is 1.62 bits per heavy atom. The molecule has 0 heterocycles. The molecule has 1 atom stereocenters. The molecule has 0 aliphatic carbocycles. The molecule has 0 bridgehead atoms. The number of unbranched alkanes of at least 4 members (excludes halogenated alkanes) is 2. The van der Waals surface area contributed by atoms with Crippen LogP contribution in [0.25, 0.3) is 0 Å². The first kappa shape index (κ1) is 26.7. The Labute approximate surface area is 140 Å². The first-order chi connectivity index (χ1) is 11.0. The molecule has 1 unspecified atom stereocenters. The summed E-state index contributed by atoms with van der Waals surface area (Å²) in [6, 6.07) is 0. The van der Waals surface area contributed by atoms with Crippen molar-refractivity contribution in [2.75, 3.05) is 6.61 Å². The van der Waals surface area contributed by atoms with E-state index in [1.165, 1.54) is 13.8 Å². The van der Waals surface area contributed by atoms with Crippen molar-refractivity contribution in [1.82, 2.24) is 0 Å². The minimum Gasteiger partial charge on any atom is -0.481 e. The van der Waals surface area contributed by atoms with Gasteiger partial charge in [0.15, 0.2) is 0 Å². The number of aliphatic carboxylic acids is 2. The van der Waals surface area contributed by atoms with Gasteiger partial charge in [0, 0.05) is 40.7 Å². The van der Waals surface area contributed by atoms with Crippen molar-refractivity contribution in [2.45, 2.75) is 59.7 Å². The van der Waals surface area contributed by atoms with Crippen molar-refractivity contribution in [3.63, 3.8) is 0 Å². The second-order valence-electron chi connectivity index (χ2n) is 4.32. The van der Waals surface area contributed by atoms with Gasteiger partial charge in [-0.1, -0.05) is 6.42 Å². The molecule has 0 aliphatic rings. The van der Waals surface area contributed by atoms with Crippen LogP contribution in [-0.2, 0) is 33.7 Å². The molecule has 0 aromatic carbocycles. The number of carboxylic acids is 2. The van der Waals surface area contributed by atoms with Crippen molar-refractivity contribution in [1.29, 1.82) is 0 Å². The van der Waals surface area contributed by atoms with E-state index in [1.807, 2.05) is 0 Å². The second kappa shape index (κ2) is 18.8. The third-order valence-corrected chi connectivity index (χ3v) is 1.67. The first-order valence-electron chi connectivity index (χ1n) is 7.03. The molecule has 0 spiro atoms. The van der Waals surface area contributed by atoms with E-state index in [4.69, 9.17) is 29.6 Å². The largest absolute Gasteiger partial charge is 0.481 e. The van der Waals surface area contributed by atoms with Gasteiger partial charge in [0.05, 0.1) is 0 Å². The second-order valence-corrected chi connectivity index (χ2v) is 4.32. The minimum atomic E-state index is -0.875. The van der Waals surface area contributed by atoms with Crippen LogP contribution in [-0.4, -0.2) is 52.1 Å². The highest BCUT2D eigenvalue weighted by molar-refractivity contribution is 5.66. The Balaban J connectivity index is -0.000000457. The molecular formula is C14H26O10. The normalized spacial score (nSPS) is 10.0. The molecule has 0 aliphatic heterocycles. The van der Waals surface area contributed by atoms with Crippen LogP contribution < -0.4 is 0 Å². The topological polar surface area (TPSA) is 157 Å². The molecule has 0 radical (unpaired) electrons. The predicted octanol–water partition coefficient (Wildman–Crippen LogP) is 1.10. The number of hydrogen-bond donors (Lipinski definition) is 3. The van der Waals surface area contributed by atoms with E-state index in [0.717, 1.165) is 20.3 Å². The molecule has 10 nitrogen and oxygen atoms in total. The fourth-order valence-electron chi connectivity index (χ4n) is 1.03. The van der Waals surface area contributed by atoms with Crippen LogP contribution in [0, 0.1) is 0 Å². The molecule has 3 N–H and O–H groups in total. The molecule has 0 amide bonds. The van der Waals surface area contributed by atoms with Crippen LogP contribution in [0.2, 0.25) is 0 Å². The number of hydrogen-bond acceptors (Lipinski definition) is 8. The van der Waals surface area contributed by atoms with Crippen LogP contribution in [0.5, 0.6) is 0 Å². The fraction of sp³-hybridized carbons (Fsp3) is 0.714. The van der Waals surface area contributed by atoms with Crippen molar-refractivity contribution in [3.8, 4) is 0 Å². The van der Waals surface area contributed by atoms with Gasteiger partial charge in [0.1, 0.15) is 0 Å². The molecule has 10 heteroatoms. The zero-order valence-corrected chi connectivity index (χ0v) is 14.3. The first-order valence-corrected chi connectivity index (χ1v) is 7.03. The Morgan fingerprint density at radius 2 is 1.29 bits per heavy atom. The number of carbonyl (C=O) groups excluding carboxylic acids is 2. The summed E-state index contributed by atoms with van der Waals surface area (Å²) in [5.41, 5.74) is 0. The number of aliphatic hydroxyl groups is 1. The molecule has 0 aromatic rings. The smallest absolute Gasteiger partial charge is 0.339 e. The average molecular weight is 354 g/mol. The highest BCUT2D eigenvalue weighted by Gasteiger charge is 2.14. The number of carbonyl (C=O) groups is 4. The average Bonchev–Trinajstić information content (AvgIpc) is 2.38. The summed E-state index contributed by atoms with van der Waals surface area (Å²) in [7, 11) is 0. The third kappa shape index (κ3) is 42.7. The summed E-state index contributed by atoms with van der Waals surface area (Å²) in [6.07, 6.45) is 1.73. The SMILES string of the molecule is CC(=O)O.CC(=O)O.CC(=O)OOC(CCCCCO)OC(C)=O. The predicted molar refractivity (Wildman–Crippen MR) is 80.6 cm³/mol. The van der Waals surface area contributed by atoms with Crippen LogP contribution in [0.4, 0.5) is 0 Å². The number of carboxylic acid groups (broad SMARTS) is 2. The number of ether oxygens (including phenoxy) is 1. The van der Waals surface area contributed by atoms with Crippen molar-refractivity contribution >= 4 is 23.9 Å². The van der Waals surface area contributed by atoms with E-state index >= 15 is 0 Å². The quantitative estimate of drug-likeness (QED) is 0.189. The molecule has 0 rings (SSSR count). The van der Waals surface area contributed by atoms with Gasteiger partial charge in [-0.3, -0.25) is 19.3 Å². The summed E-state index contributed by atoms with van der Waals surface area (Å²) >= 11 is 0. The monoisotopic (exact) mass is 354 g/mol. The van der Waals surface area contributed by atoms with Crippen LogP contribution in [0.1, 0.15) is 53.4 Å². The van der Waals surface area contributed by atoms with E-state index in [2.05, 4.69) is 9.78 Å². The molecule has 0 saturated carbocycles. The summed E-state index contributed by atoms with van der Waals surface area (Å²) in [6.45, 7) is 4.73. The molecule has 0 aromatic heterocycles. The van der Waals surface area contributed by atoms with Gasteiger partial charge < -0.3 is 20.1 Å². The zero-order chi connectivity index (χ0) is 19.5. The molecule has 0 saturated heterocycles. The Kier molecular flexibility index (Phi) is 21.0. The summed E-state index contributed by atoms with van der Waals surface area (Å²) in [5, 5.41) is 23.4. The van der Waals surface area contributed by atoms with Gasteiger partial charge in [-0.15, -0.1) is 4.89 Å². The van der Waals surface area contributed by atoms with Crippen molar-refractivity contribution < 1.29 is 49.0 Å². The van der Waals surface area contributed by atoms with Gasteiger partial charge in [0.25, 0.3) is 11.9 Å². The number of rotatable bonds is 8. The molecule has 24 heavy (non-hydrogen) atoms. The third-order valence-electron chi connectivity index (χ3n) is 1.67. The lowest BCUT2D eigenvalue weighted by Crippen LogP contribution is -2.21. The maximum atomic E-state index is 10.7.